The molecule has 0 aromatic carbocycles. The average Bonchev–Trinajstić information content (AvgIpc) is 4.37. The van der Waals surface area contributed by atoms with E-state index in [1.54, 1.807) is 33.0 Å². The zero-order valence-electron chi connectivity index (χ0n) is 47.2. The van der Waals surface area contributed by atoms with Crippen molar-refractivity contribution in [2.24, 2.45) is 0 Å². The summed E-state index contributed by atoms with van der Waals surface area (Å²) in [6.45, 7) is 9.07. The molecule has 80 heavy (non-hydrogen) atoms. The van der Waals surface area contributed by atoms with Crippen molar-refractivity contribution in [1.29, 1.82) is 0 Å². The van der Waals surface area contributed by atoms with Gasteiger partial charge in [-0.15, -0.1) is 98.6 Å². The third kappa shape index (κ3) is 13.1. The zero-order valence-corrected chi connectivity index (χ0v) is 54.7. The molecule has 0 atom stereocenters. The predicted octanol–water partition coefficient (Wildman–Crippen LogP) is 21.5. The van der Waals surface area contributed by atoms with Crippen LogP contribution in [0, 0.1) is 6.92 Å². The fourth-order valence-electron chi connectivity index (χ4n) is 11.9. The van der Waals surface area contributed by atoms with E-state index in [0.717, 1.165) is 69.1 Å². The molecule has 0 spiro atoms. The van der Waals surface area contributed by atoms with E-state index in [-0.39, 0.29) is 0 Å². The van der Waals surface area contributed by atoms with E-state index < -0.39 is 8.07 Å². The zero-order chi connectivity index (χ0) is 54.7. The van der Waals surface area contributed by atoms with Crippen LogP contribution in [0.25, 0.3) is 92.0 Å². The van der Waals surface area contributed by atoms with Crippen LogP contribution in [0.15, 0.2) is 60.7 Å². The van der Waals surface area contributed by atoms with E-state index in [0.29, 0.717) is 0 Å². The summed E-state index contributed by atoms with van der Waals surface area (Å²) in [6.07, 6.45) is 33.2. The fraction of sp³-hybridized carbons (Fsp3) is 0.492. The first-order chi connectivity index (χ1) is 39.5. The summed E-state index contributed by atoms with van der Waals surface area (Å²) >= 11 is 14.0. The molecular weight excluding hydrogens is 1150 g/mol. The molecule has 0 unspecified atom stereocenters. The van der Waals surface area contributed by atoms with Gasteiger partial charge in [-0.3, -0.25) is 0 Å². The minimum Gasteiger partial charge on any atom is -0.147 e. The summed E-state index contributed by atoms with van der Waals surface area (Å²) in [5.41, 5.74) is 5.20. The Morgan fingerprint density at radius 1 is 0.350 bits per heavy atom. The Hall–Kier alpha value is -3.78. The van der Waals surface area contributed by atoms with Crippen LogP contribution in [0.4, 0.5) is 0 Å². The van der Waals surface area contributed by atoms with Crippen LogP contribution in [-0.4, -0.2) is 47.6 Å². The summed E-state index contributed by atoms with van der Waals surface area (Å²) in [4.78, 5) is 15.3. The van der Waals surface area contributed by atoms with Gasteiger partial charge in [0.2, 0.25) is 0 Å². The summed E-state index contributed by atoms with van der Waals surface area (Å²) in [5.74, 6) is 0. The van der Waals surface area contributed by atoms with Crippen molar-refractivity contribution in [3.8, 4) is 71.5 Å². The van der Waals surface area contributed by atoms with Gasteiger partial charge in [0.25, 0.3) is 0 Å². The van der Waals surface area contributed by atoms with Gasteiger partial charge in [0.1, 0.15) is 51.3 Å². The molecule has 0 N–H and O–H groups in total. The van der Waals surface area contributed by atoms with Crippen LogP contribution in [0.2, 0.25) is 12.1 Å². The SMILES string of the molecule is CCCCCCCCCCCC[Si]1(CCCCCCCCCCCC)c2cc(-c3nnc(-c4ccc(-c5ccc(C)s5)s4)c4snnc34)sc2-c2sc(-c3nnc(-c4ccc(-c5ccc(CCCCCC)s5)s4)c4snnc34)cc21. The topological polar surface area (TPSA) is 103 Å². The highest BCUT2D eigenvalue weighted by atomic mass is 32.1. The second kappa shape index (κ2) is 28.2. The quantitative estimate of drug-likeness (QED) is 0.0296. The Kier molecular flexibility index (Phi) is 20.4. The Morgan fingerprint density at radius 3 is 1.20 bits per heavy atom. The maximum absolute atomic E-state index is 5.13. The normalized spacial score (nSPS) is 12.9. The second-order valence-corrected chi connectivity index (χ2v) is 34.6. The molecule has 10 aromatic rings. The van der Waals surface area contributed by atoms with Crippen LogP contribution in [0.1, 0.15) is 185 Å². The molecule has 1 aliphatic rings. The van der Waals surface area contributed by atoms with Gasteiger partial charge in [-0.25, -0.2) is 0 Å². The minimum atomic E-state index is -2.31. The molecule has 11 rings (SSSR count). The van der Waals surface area contributed by atoms with Gasteiger partial charge in [0.15, 0.2) is 0 Å². The van der Waals surface area contributed by atoms with Gasteiger partial charge in [0.05, 0.1) is 19.5 Å². The van der Waals surface area contributed by atoms with Crippen molar-refractivity contribution in [1.82, 2.24) is 39.6 Å². The first-order valence-electron chi connectivity index (χ1n) is 30.1. The number of hydrogen-bond donors (Lipinski definition) is 0. The van der Waals surface area contributed by atoms with Crippen molar-refractivity contribution in [2.75, 3.05) is 0 Å². The number of unbranched alkanes of at least 4 members (excludes halogenated alkanes) is 21. The lowest BCUT2D eigenvalue weighted by molar-refractivity contribution is 0.559. The molecule has 1 aliphatic heterocycles. The first kappa shape index (κ1) is 58.0. The van der Waals surface area contributed by atoms with Gasteiger partial charge in [0, 0.05) is 39.0 Å². The van der Waals surface area contributed by atoms with Gasteiger partial charge in [-0.2, -0.15) is 0 Å². The average molecular weight is 1230 g/mol. The van der Waals surface area contributed by atoms with E-state index >= 15 is 0 Å². The Labute approximate surface area is 507 Å². The number of rotatable bonds is 33. The molecule has 0 aliphatic carbocycles. The molecule has 17 heteroatoms. The lowest BCUT2D eigenvalue weighted by Gasteiger charge is -2.29. The molecule has 0 amide bonds. The molecule has 0 radical (unpaired) electrons. The monoisotopic (exact) mass is 1230 g/mol. The molecule has 8 nitrogen and oxygen atoms in total. The summed E-state index contributed by atoms with van der Waals surface area (Å²) in [6, 6.07) is 25.6. The van der Waals surface area contributed by atoms with Crippen molar-refractivity contribution >= 4 is 130 Å². The summed E-state index contributed by atoms with van der Waals surface area (Å²) < 4.78 is 11.2. The summed E-state index contributed by atoms with van der Waals surface area (Å²) in [7, 11) is -2.31. The molecule has 420 valence electrons. The molecule has 0 bridgehead atoms. The second-order valence-electron chi connectivity index (χ2n) is 22.2. The Balaban J connectivity index is 0.922. The minimum absolute atomic E-state index is 0.857. The number of fused-ring (bicyclic) bond motifs is 5. The fourth-order valence-corrected chi connectivity index (χ4v) is 26.8. The van der Waals surface area contributed by atoms with E-state index in [1.165, 1.54) is 228 Å². The van der Waals surface area contributed by atoms with Crippen LogP contribution in [0.5, 0.6) is 0 Å². The van der Waals surface area contributed by atoms with E-state index in [9.17, 15) is 0 Å². The summed E-state index contributed by atoms with van der Waals surface area (Å²) in [5, 5.41) is 33.2. The smallest absolute Gasteiger partial charge is 0.137 e. The van der Waals surface area contributed by atoms with E-state index in [1.807, 2.05) is 45.3 Å². The lowest BCUT2D eigenvalue weighted by atomic mass is 10.1. The molecule has 0 saturated carbocycles. The Bertz CT molecular complexity index is 3540. The van der Waals surface area contributed by atoms with Gasteiger partial charge >= 0.3 is 0 Å². The number of hydrogen-bond acceptors (Lipinski definition) is 16. The molecule has 11 heterocycles. The number of aromatic nitrogens is 8. The van der Waals surface area contributed by atoms with Crippen LogP contribution in [0.3, 0.4) is 0 Å². The van der Waals surface area contributed by atoms with Crippen LogP contribution in [-0.2, 0) is 6.42 Å². The molecular formula is C63H76N8S8Si. The molecule has 0 saturated heterocycles. The van der Waals surface area contributed by atoms with Gasteiger partial charge in [-0.1, -0.05) is 177 Å². The highest BCUT2D eigenvalue weighted by Crippen LogP contribution is 2.50. The van der Waals surface area contributed by atoms with Crippen molar-refractivity contribution < 1.29 is 0 Å². The van der Waals surface area contributed by atoms with Crippen LogP contribution < -0.4 is 10.4 Å². The van der Waals surface area contributed by atoms with Gasteiger partial charge < -0.3 is 0 Å². The highest BCUT2D eigenvalue weighted by molar-refractivity contribution is 7.32. The maximum Gasteiger partial charge on any atom is 0.137 e. The standard InChI is InChI=1S/C63H76N8S8Si/c1-5-8-11-14-16-18-20-22-24-27-38-80(39-28-25-23-21-19-17-15-12-9-6-2)52-40-50(54-58-62(78-70-68-58)56(66-64-54)48-36-34-46(74-48)44-32-30-42(4)72-44)76-60(52)61-53(80)41-51(77-61)55-59-63(79-71-69-59)57(67-65-55)49-37-35-47(75-49)45-33-31-43(73-45)29-26-13-10-7-3/h30-37,40-41H,5-29,38-39H2,1-4H3. The lowest BCUT2D eigenvalue weighted by Crippen LogP contribution is -2.54. The van der Waals surface area contributed by atoms with Crippen LogP contribution >= 0.6 is 91.1 Å². The van der Waals surface area contributed by atoms with Gasteiger partial charge in [-0.05, 0) is 126 Å². The van der Waals surface area contributed by atoms with E-state index in [4.69, 9.17) is 30.6 Å². The largest absolute Gasteiger partial charge is 0.147 e. The van der Waals surface area contributed by atoms with Crippen molar-refractivity contribution in [2.45, 2.75) is 200 Å². The third-order valence-electron chi connectivity index (χ3n) is 16.3. The Morgan fingerprint density at radius 2 is 0.738 bits per heavy atom. The predicted molar refractivity (Wildman–Crippen MR) is 356 cm³/mol. The van der Waals surface area contributed by atoms with E-state index in [2.05, 4.69) is 97.3 Å². The maximum atomic E-state index is 5.13. The number of thiophene rings is 6. The molecule has 0 fully saturated rings. The first-order valence-corrected chi connectivity index (χ1v) is 39.0. The van der Waals surface area contributed by atoms with Crippen molar-refractivity contribution in [3.63, 3.8) is 0 Å². The third-order valence-corrected chi connectivity index (χ3v) is 30.5. The van der Waals surface area contributed by atoms with Crippen molar-refractivity contribution in [3.05, 3.63) is 70.4 Å². The number of aryl methyl sites for hydroxylation is 2. The highest BCUT2D eigenvalue weighted by Gasteiger charge is 2.48. The number of nitrogens with zero attached hydrogens (tertiary/aromatic N) is 8. The molecule has 10 aromatic heterocycles.